The van der Waals surface area contributed by atoms with Crippen molar-refractivity contribution >= 4 is 11.2 Å². The SMILES string of the molecule is CN(C)CCCC1CC1.Oc1cc2ccc1o2. The third kappa shape index (κ3) is 3.93. The highest BCUT2D eigenvalue weighted by Gasteiger charge is 2.19. The van der Waals surface area contributed by atoms with Gasteiger partial charge in [-0.05, 0) is 51.5 Å². The van der Waals surface area contributed by atoms with Crippen LogP contribution in [0.4, 0.5) is 0 Å². The van der Waals surface area contributed by atoms with E-state index in [-0.39, 0.29) is 5.75 Å². The molecule has 3 nitrogen and oxygen atoms in total. The predicted octanol–water partition coefficient (Wildman–Crippen LogP) is 3.31. The third-order valence-electron chi connectivity index (χ3n) is 3.07. The van der Waals surface area contributed by atoms with Crippen LogP contribution in [0.5, 0.6) is 5.75 Å². The Morgan fingerprint density at radius 1 is 1.35 bits per heavy atom. The second-order valence-electron chi connectivity index (χ2n) is 5.12. The number of hydrogen-bond acceptors (Lipinski definition) is 3. The van der Waals surface area contributed by atoms with Crippen LogP contribution < -0.4 is 0 Å². The smallest absolute Gasteiger partial charge is 0.169 e. The molecule has 2 aromatic heterocycles. The summed E-state index contributed by atoms with van der Waals surface area (Å²) in [6.07, 6.45) is 5.89. The van der Waals surface area contributed by atoms with E-state index >= 15 is 0 Å². The van der Waals surface area contributed by atoms with E-state index in [1.807, 2.05) is 6.07 Å². The van der Waals surface area contributed by atoms with Gasteiger partial charge in [-0.25, -0.2) is 0 Å². The number of aromatic hydroxyl groups is 1. The van der Waals surface area contributed by atoms with E-state index in [1.54, 1.807) is 12.1 Å². The summed E-state index contributed by atoms with van der Waals surface area (Å²) < 4.78 is 4.96. The normalized spacial score (nSPS) is 15.2. The van der Waals surface area contributed by atoms with Gasteiger partial charge in [-0.2, -0.15) is 0 Å². The van der Waals surface area contributed by atoms with Crippen LogP contribution in [-0.2, 0) is 0 Å². The zero-order chi connectivity index (χ0) is 12.3. The van der Waals surface area contributed by atoms with Gasteiger partial charge in [0.05, 0.1) is 0 Å². The molecule has 2 heterocycles. The molecule has 3 rings (SSSR count). The van der Waals surface area contributed by atoms with Crippen LogP contribution in [0.15, 0.2) is 22.6 Å². The average Bonchev–Trinajstić information content (AvgIpc) is 2.87. The fourth-order valence-electron chi connectivity index (χ4n) is 1.88. The predicted molar refractivity (Wildman–Crippen MR) is 69.6 cm³/mol. The van der Waals surface area contributed by atoms with Crippen LogP contribution in [0.2, 0.25) is 0 Å². The summed E-state index contributed by atoms with van der Waals surface area (Å²) in [4.78, 5) is 2.27. The fraction of sp³-hybridized carbons (Fsp3) is 0.571. The van der Waals surface area contributed by atoms with E-state index in [0.29, 0.717) is 5.58 Å². The summed E-state index contributed by atoms with van der Waals surface area (Å²) in [5.74, 6) is 1.35. The molecule has 94 valence electrons. The summed E-state index contributed by atoms with van der Waals surface area (Å²) in [7, 11) is 4.29. The molecule has 1 N–H and O–H groups in total. The lowest BCUT2D eigenvalue weighted by molar-refractivity contribution is 0.389. The lowest BCUT2D eigenvalue weighted by atomic mass is 10.2. The van der Waals surface area contributed by atoms with Crippen molar-refractivity contribution in [3.8, 4) is 5.75 Å². The van der Waals surface area contributed by atoms with Crippen molar-refractivity contribution in [1.29, 1.82) is 0 Å². The van der Waals surface area contributed by atoms with Crippen molar-refractivity contribution in [3.63, 3.8) is 0 Å². The molecule has 0 aliphatic heterocycles. The maximum Gasteiger partial charge on any atom is 0.169 e. The van der Waals surface area contributed by atoms with Gasteiger partial charge in [-0.3, -0.25) is 0 Å². The van der Waals surface area contributed by atoms with Crippen molar-refractivity contribution in [2.75, 3.05) is 20.6 Å². The molecular weight excluding hydrogens is 214 g/mol. The van der Waals surface area contributed by atoms with Crippen molar-refractivity contribution in [2.24, 2.45) is 5.92 Å². The molecule has 0 unspecified atom stereocenters. The summed E-state index contributed by atoms with van der Waals surface area (Å²) in [6, 6.07) is 5.15. The Hall–Kier alpha value is -1.22. The quantitative estimate of drug-likeness (QED) is 0.883. The first-order valence-corrected chi connectivity index (χ1v) is 6.31. The van der Waals surface area contributed by atoms with Crippen LogP contribution in [-0.4, -0.2) is 30.6 Å². The van der Waals surface area contributed by atoms with Crippen LogP contribution >= 0.6 is 0 Å². The average molecular weight is 235 g/mol. The Kier molecular flexibility index (Phi) is 3.89. The highest BCUT2D eigenvalue weighted by molar-refractivity contribution is 5.68. The first-order chi connectivity index (χ1) is 8.15. The van der Waals surface area contributed by atoms with Gasteiger partial charge >= 0.3 is 0 Å². The van der Waals surface area contributed by atoms with Gasteiger partial charge < -0.3 is 14.4 Å². The molecule has 0 spiro atoms. The van der Waals surface area contributed by atoms with E-state index in [1.165, 1.54) is 32.2 Å². The molecule has 17 heavy (non-hydrogen) atoms. The number of phenols is 1. The number of rotatable bonds is 4. The second kappa shape index (κ2) is 5.41. The second-order valence-corrected chi connectivity index (χ2v) is 5.12. The maximum atomic E-state index is 8.85. The number of fused-ring (bicyclic) bond motifs is 2. The Labute approximate surface area is 102 Å². The molecule has 0 amide bonds. The topological polar surface area (TPSA) is 36.6 Å². The molecule has 1 fully saturated rings. The molecule has 0 aromatic carbocycles. The highest BCUT2D eigenvalue weighted by atomic mass is 16.4. The molecule has 2 aromatic rings. The van der Waals surface area contributed by atoms with Gasteiger partial charge in [0, 0.05) is 6.07 Å². The first kappa shape index (κ1) is 12.2. The van der Waals surface area contributed by atoms with Gasteiger partial charge in [0.25, 0.3) is 0 Å². The largest absolute Gasteiger partial charge is 0.504 e. The van der Waals surface area contributed by atoms with Crippen molar-refractivity contribution in [2.45, 2.75) is 25.7 Å². The van der Waals surface area contributed by atoms with Crippen LogP contribution in [0.25, 0.3) is 11.2 Å². The minimum atomic E-state index is 0.238. The summed E-state index contributed by atoms with van der Waals surface area (Å²) in [6.45, 7) is 1.27. The lowest BCUT2D eigenvalue weighted by Gasteiger charge is -2.07. The number of furan rings is 2. The van der Waals surface area contributed by atoms with Gasteiger partial charge in [0.1, 0.15) is 5.58 Å². The Balaban J connectivity index is 0.000000127. The maximum absolute atomic E-state index is 8.85. The number of nitrogens with zero attached hydrogens (tertiary/aromatic N) is 1. The minimum Gasteiger partial charge on any atom is -0.504 e. The molecule has 0 saturated heterocycles. The van der Waals surface area contributed by atoms with E-state index < -0.39 is 0 Å². The molecule has 1 saturated carbocycles. The van der Waals surface area contributed by atoms with Crippen LogP contribution in [0.3, 0.4) is 0 Å². The van der Waals surface area contributed by atoms with Crippen molar-refractivity contribution in [1.82, 2.24) is 4.90 Å². The third-order valence-corrected chi connectivity index (χ3v) is 3.07. The minimum absolute atomic E-state index is 0.238. The van der Waals surface area contributed by atoms with Crippen LogP contribution in [0, 0.1) is 5.92 Å². The molecule has 1 aliphatic carbocycles. The first-order valence-electron chi connectivity index (χ1n) is 6.31. The van der Waals surface area contributed by atoms with Crippen molar-refractivity contribution < 1.29 is 9.52 Å². The number of benzene rings is 1. The number of hydrogen-bond donors (Lipinski definition) is 1. The standard InChI is InChI=1S/C8H17N.C6H4O2/c1-9(2)7-3-4-8-5-6-8;7-5-3-4-1-2-6(5)8-4/h8H,3-7H2,1-2H3;1-3,7H. The summed E-state index contributed by atoms with van der Waals surface area (Å²) >= 11 is 0. The van der Waals surface area contributed by atoms with Gasteiger partial charge in [0.15, 0.2) is 11.3 Å². The van der Waals surface area contributed by atoms with Gasteiger partial charge in [-0.15, -0.1) is 0 Å². The van der Waals surface area contributed by atoms with Crippen LogP contribution in [0.1, 0.15) is 25.7 Å². The van der Waals surface area contributed by atoms with Gasteiger partial charge in [0.2, 0.25) is 0 Å². The van der Waals surface area contributed by atoms with E-state index in [0.717, 1.165) is 11.5 Å². The van der Waals surface area contributed by atoms with E-state index in [9.17, 15) is 0 Å². The Morgan fingerprint density at radius 3 is 2.47 bits per heavy atom. The lowest BCUT2D eigenvalue weighted by Crippen LogP contribution is -2.12. The summed E-state index contributed by atoms with van der Waals surface area (Å²) in [5, 5.41) is 8.85. The Morgan fingerprint density at radius 2 is 2.12 bits per heavy atom. The zero-order valence-electron chi connectivity index (χ0n) is 10.6. The number of phenolic OH excluding ortho intramolecular Hbond substituents is 1. The highest BCUT2D eigenvalue weighted by Crippen LogP contribution is 2.33. The molecule has 3 heteroatoms. The van der Waals surface area contributed by atoms with Gasteiger partial charge in [-0.1, -0.05) is 12.8 Å². The monoisotopic (exact) mass is 235 g/mol. The fourth-order valence-corrected chi connectivity index (χ4v) is 1.88. The molecule has 2 bridgehead atoms. The zero-order valence-corrected chi connectivity index (χ0v) is 10.6. The summed E-state index contributed by atoms with van der Waals surface area (Å²) in [5.41, 5.74) is 1.30. The molecule has 1 aliphatic rings. The van der Waals surface area contributed by atoms with Crippen molar-refractivity contribution in [3.05, 3.63) is 18.2 Å². The van der Waals surface area contributed by atoms with E-state index in [2.05, 4.69) is 19.0 Å². The Bertz CT molecular complexity index is 429. The van der Waals surface area contributed by atoms with E-state index in [4.69, 9.17) is 9.52 Å². The molecule has 0 radical (unpaired) electrons. The molecule has 0 atom stereocenters. The molecular formula is C14H21NO2.